The minimum atomic E-state index is -1.12. The van der Waals surface area contributed by atoms with E-state index in [1.54, 1.807) is 35.3 Å². The van der Waals surface area contributed by atoms with Gasteiger partial charge in [0.1, 0.15) is 11.2 Å². The maximum absolute atomic E-state index is 13.9. The van der Waals surface area contributed by atoms with Gasteiger partial charge in [-0.3, -0.25) is 14.6 Å². The highest BCUT2D eigenvalue weighted by Gasteiger charge is 2.59. The Labute approximate surface area is 188 Å². The van der Waals surface area contributed by atoms with Crippen molar-refractivity contribution in [3.8, 4) is 0 Å². The molecule has 6 rings (SSSR count). The first-order valence-corrected chi connectivity index (χ1v) is 10.8. The van der Waals surface area contributed by atoms with Crippen molar-refractivity contribution in [1.82, 2.24) is 14.8 Å². The zero-order valence-electron chi connectivity index (χ0n) is 16.3. The number of anilines is 2. The van der Waals surface area contributed by atoms with Crippen LogP contribution in [0.4, 0.5) is 11.5 Å². The second-order valence-electron chi connectivity index (χ2n) is 8.23. The molecule has 0 unspecified atom stereocenters. The van der Waals surface area contributed by atoms with Crippen molar-refractivity contribution in [2.75, 3.05) is 10.2 Å². The molecule has 1 atom stereocenters. The van der Waals surface area contributed by atoms with Gasteiger partial charge in [0.2, 0.25) is 11.8 Å². The van der Waals surface area contributed by atoms with Crippen molar-refractivity contribution in [1.29, 1.82) is 0 Å². The molecule has 9 heteroatoms. The number of nitrogens with zero attached hydrogens (tertiary/aromatic N) is 4. The summed E-state index contributed by atoms with van der Waals surface area (Å²) in [6.45, 7) is 0.339. The van der Waals surface area contributed by atoms with Gasteiger partial charge in [-0.25, -0.2) is 4.68 Å². The van der Waals surface area contributed by atoms with Crippen LogP contribution in [0.1, 0.15) is 36.1 Å². The molecule has 31 heavy (non-hydrogen) atoms. The predicted molar refractivity (Wildman–Crippen MR) is 117 cm³/mol. The Morgan fingerprint density at radius 3 is 2.61 bits per heavy atom. The summed E-state index contributed by atoms with van der Waals surface area (Å²) in [4.78, 5) is 32.9. The molecule has 1 fully saturated rings. The Bertz CT molecular complexity index is 1250. The van der Waals surface area contributed by atoms with Crippen LogP contribution < -0.4 is 10.2 Å². The van der Waals surface area contributed by atoms with Crippen molar-refractivity contribution in [3.05, 3.63) is 69.6 Å². The van der Waals surface area contributed by atoms with Crippen molar-refractivity contribution in [2.24, 2.45) is 0 Å². The Kier molecular flexibility index (Phi) is 3.98. The molecule has 2 aliphatic heterocycles. The monoisotopic (exact) mass is 453 g/mol. The van der Waals surface area contributed by atoms with Crippen molar-refractivity contribution in [2.45, 2.75) is 37.3 Å². The third-order valence-corrected chi connectivity index (χ3v) is 6.72. The van der Waals surface area contributed by atoms with Gasteiger partial charge >= 0.3 is 0 Å². The molecule has 3 aromatic rings. The molecule has 1 spiro atoms. The number of carbonyl (C=O) groups excluding carboxylic acids is 2. The summed E-state index contributed by atoms with van der Waals surface area (Å²) in [6, 6.07) is 9.23. The average molecular weight is 454 g/mol. The summed E-state index contributed by atoms with van der Waals surface area (Å²) in [5, 5.41) is 8.51. The Morgan fingerprint density at radius 1 is 1.06 bits per heavy atom. The van der Waals surface area contributed by atoms with Crippen LogP contribution in [0.3, 0.4) is 0 Å². The van der Waals surface area contributed by atoms with E-state index in [0.29, 0.717) is 28.0 Å². The number of fused-ring (bicyclic) bond motifs is 4. The fourth-order valence-electron chi connectivity index (χ4n) is 4.73. The number of pyridine rings is 1. The number of benzene rings is 1. The third kappa shape index (κ3) is 2.73. The molecule has 1 N–H and O–H groups in total. The van der Waals surface area contributed by atoms with Gasteiger partial charge in [0, 0.05) is 34.9 Å². The van der Waals surface area contributed by atoms with E-state index in [-0.39, 0.29) is 24.3 Å². The Hall–Kier alpha value is -2.90. The summed E-state index contributed by atoms with van der Waals surface area (Å²) >= 11 is 12.3. The molecule has 1 aliphatic carbocycles. The molecule has 2 aromatic heterocycles. The molecular weight excluding hydrogens is 437 g/mol. The van der Waals surface area contributed by atoms with Gasteiger partial charge in [-0.05, 0) is 48.7 Å². The number of carbonyl (C=O) groups is 2. The van der Waals surface area contributed by atoms with Crippen molar-refractivity contribution in [3.63, 3.8) is 0 Å². The Morgan fingerprint density at radius 2 is 1.87 bits per heavy atom. The van der Waals surface area contributed by atoms with Gasteiger partial charge in [0.25, 0.3) is 0 Å². The maximum Gasteiger partial charge on any atom is 0.243 e. The lowest BCUT2D eigenvalue weighted by atomic mass is 9.72. The summed E-state index contributed by atoms with van der Waals surface area (Å²) in [5.41, 5.74) is 1.93. The van der Waals surface area contributed by atoms with Crippen LogP contribution in [0.2, 0.25) is 10.0 Å². The highest BCUT2D eigenvalue weighted by Crippen LogP contribution is 2.55. The Balaban J connectivity index is 1.51. The number of hydrogen-bond acceptors (Lipinski definition) is 4. The predicted octanol–water partition coefficient (Wildman–Crippen LogP) is 3.77. The lowest BCUT2D eigenvalue weighted by Crippen LogP contribution is -2.47. The smallest absolute Gasteiger partial charge is 0.243 e. The van der Waals surface area contributed by atoms with Crippen LogP contribution in [0.15, 0.2) is 42.7 Å². The van der Waals surface area contributed by atoms with Crippen molar-refractivity contribution < 1.29 is 9.59 Å². The second kappa shape index (κ2) is 6.55. The van der Waals surface area contributed by atoms with Crippen LogP contribution in [0.5, 0.6) is 0 Å². The van der Waals surface area contributed by atoms with Gasteiger partial charge in [0.05, 0.1) is 23.5 Å². The average Bonchev–Trinajstić information content (AvgIpc) is 3.46. The molecule has 156 valence electrons. The maximum atomic E-state index is 13.9. The summed E-state index contributed by atoms with van der Waals surface area (Å²) in [6.07, 6.45) is 5.21. The van der Waals surface area contributed by atoms with Gasteiger partial charge < -0.3 is 10.2 Å². The molecular formula is C22H17Cl2N5O2. The largest absolute Gasteiger partial charge is 0.311 e. The van der Waals surface area contributed by atoms with E-state index in [1.165, 1.54) is 0 Å². The number of rotatable bonds is 3. The first-order chi connectivity index (χ1) is 15.0. The lowest BCUT2D eigenvalue weighted by molar-refractivity contribution is -0.126. The number of nitrogens with one attached hydrogen (secondary N) is 1. The normalized spacial score (nSPS) is 21.9. The standard InChI is InChI=1S/C22H17Cl2N5O2/c23-12-2-6-18-16(7-12)22(21(31)29(18)15-4-5-15)8-19(30)27-20-17(22)10-26-28(20)11-14-3-1-13(24)9-25-14/h1-3,6-7,9-10,15H,4-5,8,11H2,(H,27,30)/t22-/m1/s1. The van der Waals surface area contributed by atoms with E-state index in [2.05, 4.69) is 15.4 Å². The molecule has 0 radical (unpaired) electrons. The third-order valence-electron chi connectivity index (χ3n) is 6.26. The number of aromatic nitrogens is 3. The summed E-state index contributed by atoms with van der Waals surface area (Å²) in [5.74, 6) is 0.215. The zero-order chi connectivity index (χ0) is 21.3. The molecule has 7 nitrogen and oxygen atoms in total. The molecule has 1 aromatic carbocycles. The minimum absolute atomic E-state index is 0.0281. The van der Waals surface area contributed by atoms with E-state index in [4.69, 9.17) is 23.2 Å². The molecule has 0 bridgehead atoms. The SMILES string of the molecule is O=C1C[C@]2(C(=O)N(C3CC3)c3ccc(Cl)cc32)c2cnn(Cc3ccc(Cl)cn3)c2N1. The second-order valence-corrected chi connectivity index (χ2v) is 9.10. The van der Waals surface area contributed by atoms with Crippen molar-refractivity contribution >= 4 is 46.5 Å². The molecule has 4 heterocycles. The molecule has 2 amide bonds. The number of amides is 2. The number of hydrogen-bond donors (Lipinski definition) is 1. The number of halogens is 2. The first-order valence-electron chi connectivity index (χ1n) is 10.1. The van der Waals surface area contributed by atoms with E-state index in [1.807, 2.05) is 17.0 Å². The summed E-state index contributed by atoms with van der Waals surface area (Å²) in [7, 11) is 0. The van der Waals surface area contributed by atoms with Gasteiger partial charge in [-0.2, -0.15) is 5.10 Å². The van der Waals surface area contributed by atoms with Crippen LogP contribution >= 0.6 is 23.2 Å². The zero-order valence-corrected chi connectivity index (χ0v) is 17.8. The van der Waals surface area contributed by atoms with Gasteiger partial charge in [-0.15, -0.1) is 0 Å². The van der Waals surface area contributed by atoms with Gasteiger partial charge in [-0.1, -0.05) is 23.2 Å². The molecule has 3 aliphatic rings. The summed E-state index contributed by atoms with van der Waals surface area (Å²) < 4.78 is 1.67. The van der Waals surface area contributed by atoms with E-state index in [9.17, 15) is 9.59 Å². The van der Waals surface area contributed by atoms with E-state index >= 15 is 0 Å². The fraction of sp³-hybridized carbons (Fsp3) is 0.273. The van der Waals surface area contributed by atoms with Crippen LogP contribution in [-0.4, -0.2) is 32.6 Å². The quantitative estimate of drug-likeness (QED) is 0.654. The lowest BCUT2D eigenvalue weighted by Gasteiger charge is -2.32. The molecule has 0 saturated heterocycles. The highest BCUT2D eigenvalue weighted by atomic mass is 35.5. The van der Waals surface area contributed by atoms with Crippen LogP contribution in [0, 0.1) is 0 Å². The molecule has 1 saturated carbocycles. The van der Waals surface area contributed by atoms with Crippen LogP contribution in [-0.2, 0) is 21.5 Å². The van der Waals surface area contributed by atoms with Gasteiger partial charge in [0.15, 0.2) is 0 Å². The fourth-order valence-corrected chi connectivity index (χ4v) is 5.02. The highest BCUT2D eigenvalue weighted by molar-refractivity contribution is 6.31. The first kappa shape index (κ1) is 18.8. The van der Waals surface area contributed by atoms with E-state index in [0.717, 1.165) is 29.8 Å². The topological polar surface area (TPSA) is 80.1 Å². The van der Waals surface area contributed by atoms with E-state index < -0.39 is 5.41 Å². The van der Waals surface area contributed by atoms with Crippen LogP contribution in [0.25, 0.3) is 0 Å². The minimum Gasteiger partial charge on any atom is -0.311 e.